The van der Waals surface area contributed by atoms with E-state index >= 15 is 0 Å². The van der Waals surface area contributed by atoms with Gasteiger partial charge in [0.2, 0.25) is 0 Å². The summed E-state index contributed by atoms with van der Waals surface area (Å²) in [5.74, 6) is 0.112. The van der Waals surface area contributed by atoms with E-state index in [0.29, 0.717) is 0 Å². The van der Waals surface area contributed by atoms with Gasteiger partial charge in [-0.15, -0.1) is 0 Å². The van der Waals surface area contributed by atoms with Crippen molar-refractivity contribution < 1.29 is 9.53 Å². The van der Waals surface area contributed by atoms with Crippen molar-refractivity contribution in [2.24, 2.45) is 5.92 Å². The molecule has 0 aliphatic carbocycles. The van der Waals surface area contributed by atoms with Crippen LogP contribution in [0.25, 0.3) is 0 Å². The minimum atomic E-state index is -0.00866. The lowest BCUT2D eigenvalue weighted by molar-refractivity contribution is -0.156. The zero-order valence-corrected chi connectivity index (χ0v) is 7.71. The first kappa shape index (κ1) is 8.97. The second-order valence-electron chi connectivity index (χ2n) is 3.74. The van der Waals surface area contributed by atoms with Gasteiger partial charge in [-0.05, 0) is 25.9 Å². The maximum absolute atomic E-state index is 11.4. The highest BCUT2D eigenvalue weighted by Crippen LogP contribution is 2.12. The molecule has 2 fully saturated rings. The molecule has 2 heterocycles. The van der Waals surface area contributed by atoms with E-state index in [0.717, 1.165) is 39.0 Å². The summed E-state index contributed by atoms with van der Waals surface area (Å²) in [6.45, 7) is 3.54. The maximum Gasteiger partial charge on any atom is 0.311 e. The lowest BCUT2D eigenvalue weighted by atomic mass is 10.0. The zero-order chi connectivity index (χ0) is 9.10. The zero-order valence-electron chi connectivity index (χ0n) is 7.71. The van der Waals surface area contributed by atoms with Crippen LogP contribution in [0.15, 0.2) is 0 Å². The lowest BCUT2D eigenvalue weighted by Gasteiger charge is -2.29. The van der Waals surface area contributed by atoms with Crippen LogP contribution in [0.1, 0.15) is 12.8 Å². The van der Waals surface area contributed by atoms with Crippen molar-refractivity contribution in [2.45, 2.75) is 18.9 Å². The molecule has 0 radical (unpaired) electrons. The lowest BCUT2D eigenvalue weighted by Crippen LogP contribution is -2.48. The van der Waals surface area contributed by atoms with E-state index in [-0.39, 0.29) is 18.0 Å². The Morgan fingerprint density at radius 3 is 2.38 bits per heavy atom. The molecular formula is C9H16N2O2. The van der Waals surface area contributed by atoms with Crippen molar-refractivity contribution in [3.05, 3.63) is 0 Å². The Kier molecular flexibility index (Phi) is 2.80. The molecule has 2 N–H and O–H groups in total. The molecule has 2 aliphatic rings. The van der Waals surface area contributed by atoms with E-state index < -0.39 is 0 Å². The second kappa shape index (κ2) is 4.07. The Balaban J connectivity index is 1.72. The predicted octanol–water partition coefficient (Wildman–Crippen LogP) is -0.499. The largest absolute Gasteiger partial charge is 0.462 e. The van der Waals surface area contributed by atoms with Gasteiger partial charge in [0, 0.05) is 13.1 Å². The number of esters is 1. The van der Waals surface area contributed by atoms with Crippen LogP contribution >= 0.6 is 0 Å². The highest BCUT2D eigenvalue weighted by atomic mass is 16.5. The number of nitrogens with one attached hydrogen (secondary N) is 2. The monoisotopic (exact) mass is 184 g/mol. The molecule has 2 rings (SSSR count). The van der Waals surface area contributed by atoms with Gasteiger partial charge in [-0.1, -0.05) is 0 Å². The van der Waals surface area contributed by atoms with Gasteiger partial charge in [-0.2, -0.15) is 0 Å². The molecule has 0 bridgehead atoms. The number of piperidine rings is 1. The number of carbonyl (C=O) groups is 1. The van der Waals surface area contributed by atoms with Gasteiger partial charge in [0.25, 0.3) is 0 Å². The van der Waals surface area contributed by atoms with Crippen molar-refractivity contribution in [3.63, 3.8) is 0 Å². The Morgan fingerprint density at radius 2 is 1.85 bits per heavy atom. The van der Waals surface area contributed by atoms with Crippen molar-refractivity contribution in [1.82, 2.24) is 10.6 Å². The van der Waals surface area contributed by atoms with Gasteiger partial charge in [-0.25, -0.2) is 0 Å². The highest BCUT2D eigenvalue weighted by molar-refractivity contribution is 5.74. The van der Waals surface area contributed by atoms with E-state index in [2.05, 4.69) is 10.6 Å². The Bertz CT molecular complexity index is 186. The molecule has 74 valence electrons. The van der Waals surface area contributed by atoms with Crippen LogP contribution in [0, 0.1) is 5.92 Å². The fraction of sp³-hybridized carbons (Fsp3) is 0.889. The van der Waals surface area contributed by atoms with Crippen LogP contribution in [0.5, 0.6) is 0 Å². The molecule has 0 aromatic heterocycles. The molecular weight excluding hydrogens is 168 g/mol. The molecule has 0 aromatic rings. The van der Waals surface area contributed by atoms with E-state index in [1.54, 1.807) is 0 Å². The van der Waals surface area contributed by atoms with Crippen LogP contribution in [0.3, 0.4) is 0 Å². The molecule has 4 heteroatoms. The number of carbonyl (C=O) groups excluding carboxylic acids is 1. The summed E-state index contributed by atoms with van der Waals surface area (Å²) >= 11 is 0. The quantitative estimate of drug-likeness (QED) is 0.568. The van der Waals surface area contributed by atoms with E-state index in [4.69, 9.17) is 4.74 Å². The standard InChI is InChI=1S/C9H16N2O2/c12-9(7-5-11-6-7)13-8-1-3-10-4-2-8/h7-8,10-11H,1-6H2. The molecule has 13 heavy (non-hydrogen) atoms. The van der Waals surface area contributed by atoms with Crippen LogP contribution in [0.4, 0.5) is 0 Å². The topological polar surface area (TPSA) is 50.4 Å². The van der Waals surface area contributed by atoms with Crippen molar-refractivity contribution in [3.8, 4) is 0 Å². The van der Waals surface area contributed by atoms with Crippen LogP contribution in [0.2, 0.25) is 0 Å². The van der Waals surface area contributed by atoms with E-state index in [1.807, 2.05) is 0 Å². The van der Waals surface area contributed by atoms with Crippen LogP contribution < -0.4 is 10.6 Å². The van der Waals surface area contributed by atoms with E-state index in [1.165, 1.54) is 0 Å². The molecule has 2 saturated heterocycles. The number of hydrogen-bond acceptors (Lipinski definition) is 4. The minimum absolute atomic E-state index is 0.00866. The first-order valence-electron chi connectivity index (χ1n) is 4.98. The summed E-state index contributed by atoms with van der Waals surface area (Å²) in [5.41, 5.74) is 0. The van der Waals surface area contributed by atoms with Crippen molar-refractivity contribution >= 4 is 5.97 Å². The van der Waals surface area contributed by atoms with Gasteiger partial charge < -0.3 is 15.4 Å². The first-order valence-corrected chi connectivity index (χ1v) is 4.98. The summed E-state index contributed by atoms with van der Waals surface area (Å²) in [4.78, 5) is 11.4. The minimum Gasteiger partial charge on any atom is -0.462 e. The Labute approximate surface area is 78.0 Å². The van der Waals surface area contributed by atoms with Crippen LogP contribution in [-0.2, 0) is 9.53 Å². The SMILES string of the molecule is O=C(OC1CCNCC1)C1CNC1. The third-order valence-electron chi connectivity index (χ3n) is 2.68. The fourth-order valence-electron chi connectivity index (χ4n) is 1.63. The third kappa shape index (κ3) is 2.19. The first-order chi connectivity index (χ1) is 6.36. The predicted molar refractivity (Wildman–Crippen MR) is 48.3 cm³/mol. The van der Waals surface area contributed by atoms with Crippen molar-refractivity contribution in [1.29, 1.82) is 0 Å². The highest BCUT2D eigenvalue weighted by Gasteiger charge is 2.28. The maximum atomic E-state index is 11.4. The van der Waals surface area contributed by atoms with Gasteiger partial charge in [0.15, 0.2) is 0 Å². The molecule has 0 aromatic carbocycles. The Hall–Kier alpha value is -0.610. The molecule has 0 atom stereocenters. The molecule has 0 amide bonds. The summed E-state index contributed by atoms with van der Waals surface area (Å²) in [6, 6.07) is 0. The summed E-state index contributed by atoms with van der Waals surface area (Å²) in [6.07, 6.45) is 2.09. The summed E-state index contributed by atoms with van der Waals surface area (Å²) in [5, 5.41) is 6.31. The molecule has 4 nitrogen and oxygen atoms in total. The van der Waals surface area contributed by atoms with Gasteiger partial charge >= 0.3 is 5.97 Å². The normalized spacial score (nSPS) is 25.2. The number of rotatable bonds is 2. The fourth-order valence-corrected chi connectivity index (χ4v) is 1.63. The van der Waals surface area contributed by atoms with Crippen LogP contribution in [-0.4, -0.2) is 38.3 Å². The van der Waals surface area contributed by atoms with E-state index in [9.17, 15) is 4.79 Å². The summed E-state index contributed by atoms with van der Waals surface area (Å²) < 4.78 is 5.38. The average Bonchev–Trinajstić information content (AvgIpc) is 2.02. The molecule has 0 unspecified atom stereocenters. The Morgan fingerprint density at radius 1 is 1.15 bits per heavy atom. The summed E-state index contributed by atoms with van der Waals surface area (Å²) in [7, 11) is 0. The number of ether oxygens (including phenoxy) is 1. The average molecular weight is 184 g/mol. The molecule has 0 spiro atoms. The molecule has 0 saturated carbocycles. The second-order valence-corrected chi connectivity index (χ2v) is 3.74. The number of hydrogen-bond donors (Lipinski definition) is 2. The molecule has 2 aliphatic heterocycles. The van der Waals surface area contributed by atoms with Gasteiger partial charge in [0.1, 0.15) is 6.10 Å². The van der Waals surface area contributed by atoms with Crippen molar-refractivity contribution in [2.75, 3.05) is 26.2 Å². The third-order valence-corrected chi connectivity index (χ3v) is 2.68. The smallest absolute Gasteiger partial charge is 0.311 e. The van der Waals surface area contributed by atoms with Gasteiger partial charge in [0.05, 0.1) is 5.92 Å². The van der Waals surface area contributed by atoms with Gasteiger partial charge in [-0.3, -0.25) is 4.79 Å².